The molecule has 0 atom stereocenters. The van der Waals surface area contributed by atoms with Crippen LogP contribution in [0, 0.1) is 0 Å². The van der Waals surface area contributed by atoms with Gasteiger partial charge in [0, 0.05) is 52.5 Å². The van der Waals surface area contributed by atoms with Crippen LogP contribution in [0.15, 0.2) is 0 Å². The van der Waals surface area contributed by atoms with Crippen molar-refractivity contribution in [1.82, 2.24) is 15.1 Å². The Kier molecular flexibility index (Phi) is 5.00. The Morgan fingerprint density at radius 1 is 1.29 bits per heavy atom. The molecule has 1 saturated heterocycles. The third-order valence-electron chi connectivity index (χ3n) is 3.47. The van der Waals surface area contributed by atoms with E-state index < -0.39 is 0 Å². The minimum atomic E-state index is 0.797. The van der Waals surface area contributed by atoms with Crippen molar-refractivity contribution in [3.05, 3.63) is 0 Å². The van der Waals surface area contributed by atoms with Crippen molar-refractivity contribution in [2.75, 3.05) is 46.4 Å². The molecule has 0 spiro atoms. The van der Waals surface area contributed by atoms with Gasteiger partial charge in [0.2, 0.25) is 0 Å². The molecule has 98 valence electrons. The predicted molar refractivity (Wildman–Crippen MR) is 73.3 cm³/mol. The molecule has 0 aromatic carbocycles. The maximum atomic E-state index is 5.40. The molecule has 0 aromatic heterocycles. The largest absolute Gasteiger partial charge is 0.385 e. The number of hydrogen-bond acceptors (Lipinski definition) is 3. The minimum absolute atomic E-state index is 0.797. The van der Waals surface area contributed by atoms with Crippen LogP contribution in [-0.4, -0.2) is 67.4 Å². The Bertz CT molecular complexity index is 250. The van der Waals surface area contributed by atoms with Crippen LogP contribution in [0.1, 0.15) is 19.3 Å². The van der Waals surface area contributed by atoms with Gasteiger partial charge < -0.3 is 15.0 Å². The van der Waals surface area contributed by atoms with E-state index in [9.17, 15) is 0 Å². The standard InChI is InChI=1S/C12H23N3OS/c1-16-10-2-5-13-12(17)15-8-6-14(7-9-15)11-3-4-11/h11H,2-10H2,1H3,(H,13,17). The second-order valence-corrected chi connectivity index (χ2v) is 5.22. The SMILES string of the molecule is COCCCNC(=S)N1CCN(C2CC2)CC1. The van der Waals surface area contributed by atoms with E-state index in [4.69, 9.17) is 17.0 Å². The van der Waals surface area contributed by atoms with Crippen molar-refractivity contribution in [2.24, 2.45) is 0 Å². The van der Waals surface area contributed by atoms with Gasteiger partial charge in [0.1, 0.15) is 0 Å². The quantitative estimate of drug-likeness (QED) is 0.577. The number of piperazine rings is 1. The Labute approximate surface area is 109 Å². The van der Waals surface area contributed by atoms with Gasteiger partial charge in [0.25, 0.3) is 0 Å². The monoisotopic (exact) mass is 257 g/mol. The van der Waals surface area contributed by atoms with E-state index in [2.05, 4.69) is 15.1 Å². The molecule has 1 aliphatic heterocycles. The number of ether oxygens (including phenoxy) is 1. The van der Waals surface area contributed by atoms with Crippen molar-refractivity contribution >= 4 is 17.3 Å². The van der Waals surface area contributed by atoms with Crippen LogP contribution in [0.25, 0.3) is 0 Å². The molecule has 0 aromatic rings. The van der Waals surface area contributed by atoms with Gasteiger partial charge in [-0.05, 0) is 31.5 Å². The van der Waals surface area contributed by atoms with E-state index in [1.807, 2.05) is 0 Å². The second-order valence-electron chi connectivity index (χ2n) is 4.83. The van der Waals surface area contributed by atoms with Gasteiger partial charge in [-0.2, -0.15) is 0 Å². The molecule has 2 rings (SSSR count). The predicted octanol–water partition coefficient (Wildman–Crippen LogP) is 0.677. The van der Waals surface area contributed by atoms with Gasteiger partial charge in [-0.25, -0.2) is 0 Å². The smallest absolute Gasteiger partial charge is 0.169 e. The van der Waals surface area contributed by atoms with E-state index in [0.29, 0.717) is 0 Å². The van der Waals surface area contributed by atoms with Crippen molar-refractivity contribution in [3.63, 3.8) is 0 Å². The van der Waals surface area contributed by atoms with E-state index in [1.54, 1.807) is 7.11 Å². The van der Waals surface area contributed by atoms with Crippen molar-refractivity contribution in [3.8, 4) is 0 Å². The Morgan fingerprint density at radius 3 is 2.59 bits per heavy atom. The normalized spacial score (nSPS) is 21.6. The highest BCUT2D eigenvalue weighted by Crippen LogP contribution is 2.27. The van der Waals surface area contributed by atoms with Gasteiger partial charge in [0.15, 0.2) is 5.11 Å². The number of methoxy groups -OCH3 is 1. The molecule has 0 radical (unpaired) electrons. The average molecular weight is 257 g/mol. The Hall–Kier alpha value is -0.390. The van der Waals surface area contributed by atoms with Gasteiger partial charge >= 0.3 is 0 Å². The highest BCUT2D eigenvalue weighted by molar-refractivity contribution is 7.80. The van der Waals surface area contributed by atoms with Gasteiger partial charge in [-0.1, -0.05) is 0 Å². The molecule has 4 nitrogen and oxygen atoms in total. The fraction of sp³-hybridized carbons (Fsp3) is 0.917. The first kappa shape index (κ1) is 13.1. The van der Waals surface area contributed by atoms with E-state index in [1.165, 1.54) is 25.9 Å². The molecule has 17 heavy (non-hydrogen) atoms. The summed E-state index contributed by atoms with van der Waals surface area (Å²) in [7, 11) is 1.73. The summed E-state index contributed by atoms with van der Waals surface area (Å²) in [6.07, 6.45) is 3.82. The molecule has 5 heteroatoms. The molecular formula is C12H23N3OS. The van der Waals surface area contributed by atoms with Gasteiger partial charge in [-0.3, -0.25) is 4.90 Å². The first-order chi connectivity index (χ1) is 8.31. The molecule has 0 unspecified atom stereocenters. The zero-order valence-electron chi connectivity index (χ0n) is 10.7. The fourth-order valence-corrected chi connectivity index (χ4v) is 2.54. The highest BCUT2D eigenvalue weighted by atomic mass is 32.1. The van der Waals surface area contributed by atoms with Crippen LogP contribution < -0.4 is 5.32 Å². The zero-order chi connectivity index (χ0) is 12.1. The van der Waals surface area contributed by atoms with Crippen LogP contribution in [0.5, 0.6) is 0 Å². The zero-order valence-corrected chi connectivity index (χ0v) is 11.5. The molecule has 1 saturated carbocycles. The summed E-state index contributed by atoms with van der Waals surface area (Å²) in [6.45, 7) is 6.20. The summed E-state index contributed by atoms with van der Waals surface area (Å²) in [5, 5.41) is 4.22. The number of hydrogen-bond donors (Lipinski definition) is 1. The maximum Gasteiger partial charge on any atom is 0.169 e. The van der Waals surface area contributed by atoms with Gasteiger partial charge in [-0.15, -0.1) is 0 Å². The van der Waals surface area contributed by atoms with Crippen molar-refractivity contribution < 1.29 is 4.74 Å². The molecule has 0 bridgehead atoms. The number of rotatable bonds is 5. The van der Waals surface area contributed by atoms with Crippen molar-refractivity contribution in [2.45, 2.75) is 25.3 Å². The minimum Gasteiger partial charge on any atom is -0.385 e. The summed E-state index contributed by atoms with van der Waals surface area (Å²) >= 11 is 5.40. The van der Waals surface area contributed by atoms with Crippen LogP contribution in [-0.2, 0) is 4.74 Å². The van der Waals surface area contributed by atoms with Crippen LogP contribution in [0.4, 0.5) is 0 Å². The number of nitrogens with one attached hydrogen (secondary N) is 1. The summed E-state index contributed by atoms with van der Waals surface area (Å²) in [4.78, 5) is 4.89. The first-order valence-electron chi connectivity index (χ1n) is 6.57. The summed E-state index contributed by atoms with van der Waals surface area (Å²) < 4.78 is 5.01. The number of thiocarbonyl (C=S) groups is 1. The molecular weight excluding hydrogens is 234 g/mol. The fourth-order valence-electron chi connectivity index (χ4n) is 2.25. The third-order valence-corrected chi connectivity index (χ3v) is 3.87. The third kappa shape index (κ3) is 4.08. The van der Waals surface area contributed by atoms with E-state index in [-0.39, 0.29) is 0 Å². The molecule has 1 N–H and O–H groups in total. The van der Waals surface area contributed by atoms with Crippen LogP contribution >= 0.6 is 12.2 Å². The summed E-state index contributed by atoms with van der Waals surface area (Å²) in [6, 6.07) is 0.889. The Balaban J connectivity index is 1.60. The summed E-state index contributed by atoms with van der Waals surface area (Å²) in [5.41, 5.74) is 0. The number of nitrogens with zero attached hydrogens (tertiary/aromatic N) is 2. The lowest BCUT2D eigenvalue weighted by Crippen LogP contribution is -2.52. The maximum absolute atomic E-state index is 5.40. The average Bonchev–Trinajstić information content (AvgIpc) is 3.19. The molecule has 1 heterocycles. The van der Waals surface area contributed by atoms with Crippen LogP contribution in [0.2, 0.25) is 0 Å². The lowest BCUT2D eigenvalue weighted by molar-refractivity contribution is 0.172. The lowest BCUT2D eigenvalue weighted by atomic mass is 10.3. The van der Waals surface area contributed by atoms with Gasteiger partial charge in [0.05, 0.1) is 0 Å². The lowest BCUT2D eigenvalue weighted by Gasteiger charge is -2.36. The van der Waals surface area contributed by atoms with Crippen molar-refractivity contribution in [1.29, 1.82) is 0 Å². The highest BCUT2D eigenvalue weighted by Gasteiger charge is 2.31. The van der Waals surface area contributed by atoms with Crippen LogP contribution in [0.3, 0.4) is 0 Å². The molecule has 2 fully saturated rings. The molecule has 2 aliphatic rings. The topological polar surface area (TPSA) is 27.7 Å². The first-order valence-corrected chi connectivity index (χ1v) is 6.98. The Morgan fingerprint density at radius 2 is 2.00 bits per heavy atom. The second kappa shape index (κ2) is 6.52. The molecule has 1 aliphatic carbocycles. The molecule has 0 amide bonds. The van der Waals surface area contributed by atoms with E-state index >= 15 is 0 Å². The van der Waals surface area contributed by atoms with E-state index in [0.717, 1.165) is 43.8 Å². The summed E-state index contributed by atoms with van der Waals surface area (Å²) in [5.74, 6) is 0.